The van der Waals surface area contributed by atoms with Gasteiger partial charge in [-0.3, -0.25) is 0 Å². The molecule has 0 aliphatic heterocycles. The van der Waals surface area contributed by atoms with Gasteiger partial charge in [0.1, 0.15) is 5.60 Å². The zero-order chi connectivity index (χ0) is 13.6. The molecule has 0 saturated carbocycles. The standard InChI is InChI=1S/C14H22N2O2.ClH/c1-14(2,3)18-13(17)16-12(9-10-15)11-7-5-4-6-8-11;/h4-8,12H,9-10,15H2,1-3H3,(H,16,17);1H/t12-;/m0./s1. The Kier molecular flexibility index (Phi) is 7.49. The van der Waals surface area contributed by atoms with Gasteiger partial charge in [0.2, 0.25) is 0 Å². The lowest BCUT2D eigenvalue weighted by molar-refractivity contribution is 0.0501. The Labute approximate surface area is 121 Å². The first-order valence-corrected chi connectivity index (χ1v) is 6.17. The topological polar surface area (TPSA) is 64.3 Å². The quantitative estimate of drug-likeness (QED) is 0.894. The maximum Gasteiger partial charge on any atom is 0.408 e. The molecule has 1 atom stereocenters. The second kappa shape index (κ2) is 8.02. The number of nitrogens with one attached hydrogen (secondary N) is 1. The molecule has 0 spiro atoms. The number of carbonyl (C=O) groups is 1. The van der Waals surface area contributed by atoms with Gasteiger partial charge in [0.05, 0.1) is 6.04 Å². The van der Waals surface area contributed by atoms with Gasteiger partial charge in [-0.25, -0.2) is 4.79 Å². The van der Waals surface area contributed by atoms with Crippen LogP contribution in [0.5, 0.6) is 0 Å². The number of amides is 1. The lowest BCUT2D eigenvalue weighted by Crippen LogP contribution is -2.35. The minimum Gasteiger partial charge on any atom is -0.444 e. The summed E-state index contributed by atoms with van der Waals surface area (Å²) >= 11 is 0. The van der Waals surface area contributed by atoms with Crippen LogP contribution in [0, 0.1) is 0 Å². The maximum atomic E-state index is 11.7. The first-order valence-electron chi connectivity index (χ1n) is 6.17. The fourth-order valence-electron chi connectivity index (χ4n) is 1.62. The fraction of sp³-hybridized carbons (Fsp3) is 0.500. The van der Waals surface area contributed by atoms with Crippen molar-refractivity contribution in [2.75, 3.05) is 6.54 Å². The van der Waals surface area contributed by atoms with Crippen molar-refractivity contribution in [1.82, 2.24) is 5.32 Å². The Balaban J connectivity index is 0.00000324. The highest BCUT2D eigenvalue weighted by molar-refractivity contribution is 5.85. The third kappa shape index (κ3) is 7.03. The predicted molar refractivity (Wildman–Crippen MR) is 79.5 cm³/mol. The van der Waals surface area contributed by atoms with E-state index in [9.17, 15) is 4.79 Å². The monoisotopic (exact) mass is 286 g/mol. The van der Waals surface area contributed by atoms with Gasteiger partial charge in [0, 0.05) is 0 Å². The van der Waals surface area contributed by atoms with Crippen molar-refractivity contribution in [3.05, 3.63) is 35.9 Å². The van der Waals surface area contributed by atoms with E-state index in [0.717, 1.165) is 5.56 Å². The number of rotatable bonds is 4. The number of alkyl carbamates (subject to hydrolysis) is 1. The van der Waals surface area contributed by atoms with Gasteiger partial charge in [-0.1, -0.05) is 30.3 Å². The summed E-state index contributed by atoms with van der Waals surface area (Å²) in [7, 11) is 0. The maximum absolute atomic E-state index is 11.7. The molecule has 1 rings (SSSR count). The predicted octanol–water partition coefficient (Wildman–Crippen LogP) is 3.02. The van der Waals surface area contributed by atoms with Crippen LogP contribution in [0.3, 0.4) is 0 Å². The first-order chi connectivity index (χ1) is 8.42. The van der Waals surface area contributed by atoms with Crippen molar-refractivity contribution in [1.29, 1.82) is 0 Å². The molecule has 0 aliphatic carbocycles. The van der Waals surface area contributed by atoms with Crippen LogP contribution in [-0.2, 0) is 4.74 Å². The summed E-state index contributed by atoms with van der Waals surface area (Å²) in [6.45, 7) is 6.03. The van der Waals surface area contributed by atoms with Gasteiger partial charge in [-0.2, -0.15) is 0 Å². The van der Waals surface area contributed by atoms with Crippen molar-refractivity contribution >= 4 is 18.5 Å². The van der Waals surface area contributed by atoms with Gasteiger partial charge in [0.15, 0.2) is 0 Å². The zero-order valence-electron chi connectivity index (χ0n) is 11.7. The molecule has 0 aromatic heterocycles. The van der Waals surface area contributed by atoms with E-state index in [1.165, 1.54) is 0 Å². The van der Waals surface area contributed by atoms with Gasteiger partial charge < -0.3 is 15.8 Å². The molecule has 1 aromatic rings. The zero-order valence-corrected chi connectivity index (χ0v) is 12.5. The molecule has 0 heterocycles. The normalized spacial score (nSPS) is 12.2. The van der Waals surface area contributed by atoms with E-state index in [2.05, 4.69) is 5.32 Å². The molecule has 3 N–H and O–H groups in total. The average molecular weight is 287 g/mol. The number of halogens is 1. The second-order valence-electron chi connectivity index (χ2n) is 5.19. The van der Waals surface area contributed by atoms with Gasteiger partial charge in [-0.15, -0.1) is 12.4 Å². The molecule has 1 amide bonds. The second-order valence-corrected chi connectivity index (χ2v) is 5.19. The van der Waals surface area contributed by atoms with E-state index in [1.807, 2.05) is 51.1 Å². The molecule has 108 valence electrons. The molecule has 4 nitrogen and oxygen atoms in total. The van der Waals surface area contributed by atoms with E-state index >= 15 is 0 Å². The molecular formula is C14H23ClN2O2. The number of benzene rings is 1. The van der Waals surface area contributed by atoms with Crippen LogP contribution in [0.15, 0.2) is 30.3 Å². The van der Waals surface area contributed by atoms with Crippen LogP contribution in [0.1, 0.15) is 38.8 Å². The number of ether oxygens (including phenoxy) is 1. The highest BCUT2D eigenvalue weighted by Gasteiger charge is 2.19. The third-order valence-corrected chi connectivity index (χ3v) is 2.35. The van der Waals surface area contributed by atoms with E-state index in [-0.39, 0.29) is 18.4 Å². The number of nitrogens with two attached hydrogens (primary N) is 1. The van der Waals surface area contributed by atoms with Crippen molar-refractivity contribution in [3.8, 4) is 0 Å². The van der Waals surface area contributed by atoms with Gasteiger partial charge in [-0.05, 0) is 39.3 Å². The van der Waals surface area contributed by atoms with E-state index in [1.54, 1.807) is 0 Å². The van der Waals surface area contributed by atoms with E-state index in [4.69, 9.17) is 10.5 Å². The summed E-state index contributed by atoms with van der Waals surface area (Å²) < 4.78 is 5.25. The summed E-state index contributed by atoms with van der Waals surface area (Å²) in [6.07, 6.45) is 0.272. The summed E-state index contributed by atoms with van der Waals surface area (Å²) in [5, 5.41) is 2.85. The number of hydrogen-bond acceptors (Lipinski definition) is 3. The van der Waals surface area contributed by atoms with Crippen LogP contribution in [0.2, 0.25) is 0 Å². The smallest absolute Gasteiger partial charge is 0.408 e. The summed E-state index contributed by atoms with van der Waals surface area (Å²) in [6, 6.07) is 9.66. The highest BCUT2D eigenvalue weighted by atomic mass is 35.5. The van der Waals surface area contributed by atoms with Gasteiger partial charge >= 0.3 is 6.09 Å². The minimum atomic E-state index is -0.492. The molecule has 19 heavy (non-hydrogen) atoms. The number of carbonyl (C=O) groups excluding carboxylic acids is 1. The SMILES string of the molecule is CC(C)(C)OC(=O)N[C@@H](CCN)c1ccccc1.Cl. The molecule has 0 radical (unpaired) electrons. The van der Waals surface area contributed by atoms with Crippen molar-refractivity contribution in [2.45, 2.75) is 38.8 Å². The van der Waals surface area contributed by atoms with E-state index in [0.29, 0.717) is 13.0 Å². The van der Waals surface area contributed by atoms with Gasteiger partial charge in [0.25, 0.3) is 0 Å². The highest BCUT2D eigenvalue weighted by Crippen LogP contribution is 2.17. The average Bonchev–Trinajstić information content (AvgIpc) is 2.27. The molecule has 1 aromatic carbocycles. The Morgan fingerprint density at radius 2 is 1.89 bits per heavy atom. The molecule has 5 heteroatoms. The molecule has 0 aliphatic rings. The molecule has 0 saturated heterocycles. The van der Waals surface area contributed by atoms with Crippen LogP contribution in [-0.4, -0.2) is 18.2 Å². The first kappa shape index (κ1) is 17.7. The lowest BCUT2D eigenvalue weighted by Gasteiger charge is -2.23. The molecular weight excluding hydrogens is 264 g/mol. The van der Waals surface area contributed by atoms with Crippen molar-refractivity contribution in [3.63, 3.8) is 0 Å². The third-order valence-electron chi connectivity index (χ3n) is 2.35. The van der Waals surface area contributed by atoms with Crippen LogP contribution < -0.4 is 11.1 Å². The molecule has 0 fully saturated rings. The van der Waals surface area contributed by atoms with Crippen LogP contribution in [0.4, 0.5) is 4.79 Å². The Bertz CT molecular complexity index is 377. The molecule has 0 bridgehead atoms. The van der Waals surface area contributed by atoms with E-state index < -0.39 is 11.7 Å². The Hall–Kier alpha value is -1.26. The Morgan fingerprint density at radius 3 is 2.37 bits per heavy atom. The fourth-order valence-corrected chi connectivity index (χ4v) is 1.62. The van der Waals surface area contributed by atoms with Crippen LogP contribution in [0.25, 0.3) is 0 Å². The van der Waals surface area contributed by atoms with Crippen LogP contribution >= 0.6 is 12.4 Å². The lowest BCUT2D eigenvalue weighted by atomic mass is 10.0. The summed E-state index contributed by atoms with van der Waals surface area (Å²) in [5.41, 5.74) is 6.12. The van der Waals surface area contributed by atoms with Crippen molar-refractivity contribution in [2.24, 2.45) is 5.73 Å². The largest absolute Gasteiger partial charge is 0.444 e. The summed E-state index contributed by atoms with van der Waals surface area (Å²) in [4.78, 5) is 11.7. The molecule has 0 unspecified atom stereocenters. The number of hydrogen-bond donors (Lipinski definition) is 2. The summed E-state index contributed by atoms with van der Waals surface area (Å²) in [5.74, 6) is 0. The Morgan fingerprint density at radius 1 is 1.32 bits per heavy atom. The minimum absolute atomic E-state index is 0. The van der Waals surface area contributed by atoms with Crippen molar-refractivity contribution < 1.29 is 9.53 Å².